The molecule has 0 spiro atoms. The third kappa shape index (κ3) is 5.36. The number of carbonyl (C=O) groups excluding carboxylic acids is 1. The quantitative estimate of drug-likeness (QED) is 0.347. The van der Waals surface area contributed by atoms with Crippen LogP contribution in [-0.2, 0) is 4.74 Å². The van der Waals surface area contributed by atoms with Crippen molar-refractivity contribution in [3.05, 3.63) is 83.4 Å². The average Bonchev–Trinajstić information content (AvgIpc) is 3.25. The van der Waals surface area contributed by atoms with Gasteiger partial charge in [0.15, 0.2) is 5.69 Å². The number of rotatable bonds is 7. The second-order valence-electron chi connectivity index (χ2n) is 7.54. The Morgan fingerprint density at radius 1 is 1.31 bits per heavy atom. The van der Waals surface area contributed by atoms with Crippen LogP contribution in [0.1, 0.15) is 31.3 Å². The summed E-state index contributed by atoms with van der Waals surface area (Å²) >= 11 is 6.26. The Bertz CT molecular complexity index is 1070. The molecule has 32 heavy (non-hydrogen) atoms. The van der Waals surface area contributed by atoms with E-state index in [1.165, 1.54) is 0 Å². The number of aromatic nitrogens is 2. The van der Waals surface area contributed by atoms with Gasteiger partial charge < -0.3 is 9.64 Å². The van der Waals surface area contributed by atoms with E-state index in [9.17, 15) is 4.79 Å². The molecule has 1 fully saturated rings. The standard InChI is InChI=1S/C24H28ClN5O2/c1-6-26-30(18(4)5)22(15-17(2)3)23-16-28(13-14-32-23)24(31)20-11-12-29(27-20)21-10-8-7-9-19(21)25/h6-12,15,23H,2,4,13-14,16H2,1,3,5H3/b22-15-,26-6-. The van der Waals surface area contributed by atoms with Crippen LogP contribution in [-0.4, -0.2) is 57.6 Å². The van der Waals surface area contributed by atoms with E-state index in [1.807, 2.05) is 45.0 Å². The van der Waals surface area contributed by atoms with E-state index < -0.39 is 0 Å². The van der Waals surface area contributed by atoms with Crippen molar-refractivity contribution in [3.8, 4) is 5.69 Å². The SMILES string of the molecule is C=C(C)/C=C(/C1CN(C(=O)c2ccn(-c3ccccc3Cl)n2)CCO1)N(/N=C\C)C(=C)C. The summed E-state index contributed by atoms with van der Waals surface area (Å²) in [5.74, 6) is -0.167. The number of allylic oxidation sites excluding steroid dienone is 3. The lowest BCUT2D eigenvalue weighted by Crippen LogP contribution is -2.48. The molecule has 1 saturated heterocycles. The molecule has 0 radical (unpaired) electrons. The summed E-state index contributed by atoms with van der Waals surface area (Å²) in [6.07, 6.45) is 4.95. The summed E-state index contributed by atoms with van der Waals surface area (Å²) in [7, 11) is 0. The zero-order valence-electron chi connectivity index (χ0n) is 18.7. The predicted octanol–water partition coefficient (Wildman–Crippen LogP) is 4.67. The fraction of sp³-hybridized carbons (Fsp3) is 0.292. The largest absolute Gasteiger partial charge is 0.368 e. The van der Waals surface area contributed by atoms with Crippen molar-refractivity contribution in [2.24, 2.45) is 5.10 Å². The normalized spacial score (nSPS) is 16.9. The van der Waals surface area contributed by atoms with Gasteiger partial charge in [0.25, 0.3) is 5.91 Å². The highest BCUT2D eigenvalue weighted by atomic mass is 35.5. The number of hydrogen-bond donors (Lipinski definition) is 0. The first kappa shape index (κ1) is 23.5. The number of nitrogens with zero attached hydrogens (tertiary/aromatic N) is 5. The maximum absolute atomic E-state index is 13.2. The van der Waals surface area contributed by atoms with Crippen molar-refractivity contribution in [1.82, 2.24) is 19.7 Å². The highest BCUT2D eigenvalue weighted by molar-refractivity contribution is 6.32. The van der Waals surface area contributed by atoms with Gasteiger partial charge in [-0.15, -0.1) is 0 Å². The minimum atomic E-state index is -0.379. The lowest BCUT2D eigenvalue weighted by molar-refractivity contribution is -0.0139. The van der Waals surface area contributed by atoms with Gasteiger partial charge in [0.05, 0.1) is 29.6 Å². The summed E-state index contributed by atoms with van der Waals surface area (Å²) < 4.78 is 7.63. The van der Waals surface area contributed by atoms with E-state index in [2.05, 4.69) is 23.4 Å². The number of benzene rings is 1. The van der Waals surface area contributed by atoms with Crippen molar-refractivity contribution in [2.75, 3.05) is 19.7 Å². The molecule has 1 atom stereocenters. The molecule has 1 amide bonds. The first-order valence-electron chi connectivity index (χ1n) is 10.3. The first-order valence-corrected chi connectivity index (χ1v) is 10.7. The highest BCUT2D eigenvalue weighted by Crippen LogP contribution is 2.24. The molecule has 2 heterocycles. The zero-order chi connectivity index (χ0) is 23.3. The van der Waals surface area contributed by atoms with Crippen molar-refractivity contribution in [2.45, 2.75) is 26.9 Å². The maximum Gasteiger partial charge on any atom is 0.274 e. The molecule has 7 nitrogen and oxygen atoms in total. The van der Waals surface area contributed by atoms with Crippen molar-refractivity contribution in [3.63, 3.8) is 0 Å². The molecule has 0 aliphatic carbocycles. The van der Waals surface area contributed by atoms with Gasteiger partial charge in [-0.05, 0) is 45.0 Å². The molecule has 0 saturated carbocycles. The topological polar surface area (TPSA) is 63.0 Å². The van der Waals surface area contributed by atoms with E-state index in [4.69, 9.17) is 16.3 Å². The zero-order valence-corrected chi connectivity index (χ0v) is 19.4. The minimum Gasteiger partial charge on any atom is -0.368 e. The fourth-order valence-corrected chi connectivity index (χ4v) is 3.65. The average molecular weight is 454 g/mol. The number of carbonyl (C=O) groups is 1. The van der Waals surface area contributed by atoms with E-state index in [0.29, 0.717) is 36.1 Å². The lowest BCUT2D eigenvalue weighted by atomic mass is 10.1. The summed E-state index contributed by atoms with van der Waals surface area (Å²) in [4.78, 5) is 15.0. The van der Waals surface area contributed by atoms with Gasteiger partial charge in [0.2, 0.25) is 0 Å². The molecule has 0 bridgehead atoms. The van der Waals surface area contributed by atoms with Gasteiger partial charge in [-0.2, -0.15) is 10.2 Å². The van der Waals surface area contributed by atoms with Gasteiger partial charge >= 0.3 is 0 Å². The van der Waals surface area contributed by atoms with Crippen LogP contribution in [0.15, 0.2) is 77.8 Å². The van der Waals surface area contributed by atoms with E-state index in [0.717, 1.165) is 17.0 Å². The monoisotopic (exact) mass is 453 g/mol. The van der Waals surface area contributed by atoms with E-state index in [1.54, 1.807) is 39.1 Å². The van der Waals surface area contributed by atoms with E-state index >= 15 is 0 Å². The predicted molar refractivity (Wildman–Crippen MR) is 128 cm³/mol. The molecule has 8 heteroatoms. The minimum absolute atomic E-state index is 0.167. The molecule has 1 aromatic heterocycles. The highest BCUT2D eigenvalue weighted by Gasteiger charge is 2.31. The smallest absolute Gasteiger partial charge is 0.274 e. The second-order valence-corrected chi connectivity index (χ2v) is 7.95. The van der Waals surface area contributed by atoms with Crippen LogP contribution >= 0.6 is 11.6 Å². The number of morpholine rings is 1. The number of amides is 1. The molecular weight excluding hydrogens is 426 g/mol. The van der Waals surface area contributed by atoms with E-state index in [-0.39, 0.29) is 12.0 Å². The van der Waals surface area contributed by atoms with Crippen LogP contribution in [0, 0.1) is 0 Å². The molecule has 168 valence electrons. The van der Waals surface area contributed by atoms with Gasteiger partial charge in [-0.25, -0.2) is 9.69 Å². The number of ether oxygens (including phenoxy) is 1. The molecule has 2 aromatic rings. The van der Waals surface area contributed by atoms with Gasteiger partial charge in [0, 0.05) is 24.7 Å². The van der Waals surface area contributed by atoms with Gasteiger partial charge in [-0.3, -0.25) is 4.79 Å². The number of hydrazone groups is 1. The van der Waals surface area contributed by atoms with Crippen molar-refractivity contribution in [1.29, 1.82) is 0 Å². The molecule has 1 aromatic carbocycles. The Morgan fingerprint density at radius 3 is 2.72 bits per heavy atom. The maximum atomic E-state index is 13.2. The number of halogens is 1. The van der Waals surface area contributed by atoms with Crippen LogP contribution in [0.3, 0.4) is 0 Å². The third-order valence-electron chi connectivity index (χ3n) is 4.82. The first-order chi connectivity index (χ1) is 15.3. The summed E-state index contributed by atoms with van der Waals surface area (Å²) in [6, 6.07) is 9.06. The Kier molecular flexibility index (Phi) is 7.66. The second kappa shape index (κ2) is 10.4. The third-order valence-corrected chi connectivity index (χ3v) is 5.14. The van der Waals surface area contributed by atoms with Crippen molar-refractivity contribution < 1.29 is 9.53 Å². The summed E-state index contributed by atoms with van der Waals surface area (Å²) in [5.41, 5.74) is 3.43. The summed E-state index contributed by atoms with van der Waals surface area (Å²) in [6.45, 7) is 14.8. The number of para-hydroxylation sites is 1. The van der Waals surface area contributed by atoms with Crippen LogP contribution < -0.4 is 0 Å². The van der Waals surface area contributed by atoms with Crippen LogP contribution in [0.5, 0.6) is 0 Å². The molecule has 3 rings (SSSR count). The fourth-order valence-electron chi connectivity index (χ4n) is 3.43. The molecular formula is C24H28ClN5O2. The Labute approximate surface area is 193 Å². The van der Waals surface area contributed by atoms with Crippen molar-refractivity contribution >= 4 is 23.7 Å². The lowest BCUT2D eigenvalue weighted by Gasteiger charge is -2.36. The Balaban J connectivity index is 1.83. The van der Waals surface area contributed by atoms with Crippen LogP contribution in [0.2, 0.25) is 5.02 Å². The van der Waals surface area contributed by atoms with Crippen LogP contribution in [0.25, 0.3) is 5.69 Å². The molecule has 0 N–H and O–H groups in total. The van der Waals surface area contributed by atoms with Crippen LogP contribution in [0.4, 0.5) is 0 Å². The molecule has 1 aliphatic heterocycles. The van der Waals surface area contributed by atoms with Gasteiger partial charge in [0.1, 0.15) is 6.10 Å². The molecule has 1 aliphatic rings. The summed E-state index contributed by atoms with van der Waals surface area (Å²) in [5, 5.41) is 11.1. The Morgan fingerprint density at radius 2 is 2.06 bits per heavy atom. The number of hydrogen-bond acceptors (Lipinski definition) is 5. The Hall–Kier alpha value is -3.16. The molecule has 1 unspecified atom stereocenters. The van der Waals surface area contributed by atoms with Gasteiger partial charge in [-0.1, -0.05) is 42.5 Å².